The van der Waals surface area contributed by atoms with Crippen molar-refractivity contribution in [2.24, 2.45) is 0 Å². The van der Waals surface area contributed by atoms with Crippen LogP contribution in [0.4, 0.5) is 0 Å². The number of nitrogens with zero attached hydrogens (tertiary/aromatic N) is 1. The smallest absolute Gasteiger partial charge is 0.330 e. The van der Waals surface area contributed by atoms with E-state index < -0.39 is 11.5 Å². The lowest BCUT2D eigenvalue weighted by molar-refractivity contribution is -0.143. The number of nitrogens with one attached hydrogen (secondary N) is 1. The summed E-state index contributed by atoms with van der Waals surface area (Å²) in [6, 6.07) is 9.83. The van der Waals surface area contributed by atoms with E-state index in [2.05, 4.69) is 5.32 Å². The van der Waals surface area contributed by atoms with Gasteiger partial charge >= 0.3 is 5.97 Å². The van der Waals surface area contributed by atoms with Gasteiger partial charge < -0.3 is 15.0 Å². The molecule has 1 aromatic heterocycles. The van der Waals surface area contributed by atoms with Crippen LogP contribution in [0.5, 0.6) is 0 Å². The SMILES string of the molecule is Cc1ccccc1-n1c(C)cc(C(=O)NC2(C(=O)O)CCSC2)c1C. The van der Waals surface area contributed by atoms with Crippen LogP contribution in [0, 0.1) is 20.8 Å². The minimum Gasteiger partial charge on any atom is -0.479 e. The highest BCUT2D eigenvalue weighted by molar-refractivity contribution is 7.99. The summed E-state index contributed by atoms with van der Waals surface area (Å²) in [5, 5.41) is 12.4. The fraction of sp³-hybridized carbons (Fsp3) is 0.368. The molecule has 1 unspecified atom stereocenters. The van der Waals surface area contributed by atoms with E-state index >= 15 is 0 Å². The second kappa shape index (κ2) is 6.59. The molecule has 0 radical (unpaired) electrons. The minimum absolute atomic E-state index is 0.321. The van der Waals surface area contributed by atoms with Gasteiger partial charge in [0.2, 0.25) is 0 Å². The Morgan fingerprint density at radius 2 is 1.96 bits per heavy atom. The maximum absolute atomic E-state index is 12.8. The Bertz CT molecular complexity index is 835. The van der Waals surface area contributed by atoms with Crippen molar-refractivity contribution in [3.8, 4) is 5.69 Å². The fourth-order valence-electron chi connectivity index (χ4n) is 3.35. The first-order chi connectivity index (χ1) is 11.9. The van der Waals surface area contributed by atoms with Crippen LogP contribution in [0.3, 0.4) is 0 Å². The summed E-state index contributed by atoms with van der Waals surface area (Å²) in [6.07, 6.45) is 0.454. The summed E-state index contributed by atoms with van der Waals surface area (Å²) in [6.45, 7) is 5.88. The quantitative estimate of drug-likeness (QED) is 0.881. The van der Waals surface area contributed by atoms with Crippen LogP contribution in [-0.2, 0) is 4.79 Å². The number of hydrogen-bond donors (Lipinski definition) is 2. The molecule has 0 saturated carbocycles. The molecule has 1 aliphatic heterocycles. The number of rotatable bonds is 4. The standard InChI is InChI=1S/C19H22N2O3S/c1-12-6-4-5-7-16(12)21-13(2)10-15(14(21)3)17(22)20-19(18(23)24)8-9-25-11-19/h4-7,10H,8-9,11H2,1-3H3,(H,20,22)(H,23,24). The molecule has 0 bridgehead atoms. The van der Waals surface area contributed by atoms with Crippen molar-refractivity contribution in [3.05, 3.63) is 52.8 Å². The molecule has 0 aliphatic carbocycles. The molecule has 1 aliphatic rings. The molecule has 3 rings (SSSR count). The van der Waals surface area contributed by atoms with E-state index in [9.17, 15) is 14.7 Å². The van der Waals surface area contributed by atoms with E-state index in [1.165, 1.54) is 0 Å². The van der Waals surface area contributed by atoms with Crippen molar-refractivity contribution in [1.29, 1.82) is 0 Å². The van der Waals surface area contributed by atoms with Crippen LogP contribution in [0.15, 0.2) is 30.3 Å². The van der Waals surface area contributed by atoms with Crippen LogP contribution >= 0.6 is 11.8 Å². The van der Waals surface area contributed by atoms with Gasteiger partial charge in [-0.1, -0.05) is 18.2 Å². The summed E-state index contributed by atoms with van der Waals surface area (Å²) in [4.78, 5) is 24.5. The monoisotopic (exact) mass is 358 g/mol. The molecule has 132 valence electrons. The normalized spacial score (nSPS) is 19.8. The molecule has 1 aromatic carbocycles. The lowest BCUT2D eigenvalue weighted by Crippen LogP contribution is -2.54. The highest BCUT2D eigenvalue weighted by Gasteiger charge is 2.43. The Balaban J connectivity index is 1.96. The molecule has 1 amide bonds. The number of aliphatic carboxylic acids is 1. The Hall–Kier alpha value is -2.21. The number of amides is 1. The van der Waals surface area contributed by atoms with E-state index in [4.69, 9.17) is 0 Å². The van der Waals surface area contributed by atoms with Crippen LogP contribution in [0.25, 0.3) is 5.69 Å². The number of carboxylic acid groups (broad SMARTS) is 1. The molecule has 0 spiro atoms. The van der Waals surface area contributed by atoms with Crippen LogP contribution in [0.2, 0.25) is 0 Å². The summed E-state index contributed by atoms with van der Waals surface area (Å²) < 4.78 is 2.04. The first kappa shape index (κ1) is 17.6. The Kier molecular flexibility index (Phi) is 4.64. The zero-order valence-corrected chi connectivity index (χ0v) is 15.4. The van der Waals surface area contributed by atoms with Crippen molar-refractivity contribution in [1.82, 2.24) is 9.88 Å². The molecular weight excluding hydrogens is 336 g/mol. The predicted molar refractivity (Wildman–Crippen MR) is 99.8 cm³/mol. The van der Waals surface area contributed by atoms with E-state index in [1.54, 1.807) is 11.8 Å². The summed E-state index contributed by atoms with van der Waals surface area (Å²) in [5.41, 5.74) is 3.27. The number of aryl methyl sites for hydroxylation is 2. The average molecular weight is 358 g/mol. The number of thioether (sulfide) groups is 1. The number of carboxylic acids is 1. The average Bonchev–Trinajstić information content (AvgIpc) is 3.14. The first-order valence-electron chi connectivity index (χ1n) is 8.24. The number of para-hydroxylation sites is 1. The van der Waals surface area contributed by atoms with Crippen LogP contribution in [-0.4, -0.2) is 38.6 Å². The van der Waals surface area contributed by atoms with E-state index in [0.29, 0.717) is 17.7 Å². The molecule has 1 saturated heterocycles. The van der Waals surface area contributed by atoms with Crippen molar-refractivity contribution in [2.45, 2.75) is 32.7 Å². The number of carbonyl (C=O) groups is 2. The van der Waals surface area contributed by atoms with Gasteiger partial charge in [-0.15, -0.1) is 0 Å². The predicted octanol–water partition coefficient (Wildman–Crippen LogP) is 3.09. The zero-order valence-electron chi connectivity index (χ0n) is 14.6. The van der Waals surface area contributed by atoms with Gasteiger partial charge in [-0.2, -0.15) is 11.8 Å². The third kappa shape index (κ3) is 3.06. The lowest BCUT2D eigenvalue weighted by atomic mass is 9.98. The second-order valence-electron chi connectivity index (χ2n) is 6.55. The molecule has 2 aromatic rings. The topological polar surface area (TPSA) is 71.3 Å². The zero-order chi connectivity index (χ0) is 18.2. The number of hydrogen-bond acceptors (Lipinski definition) is 3. The van der Waals surface area contributed by atoms with Gasteiger partial charge in [0.15, 0.2) is 0 Å². The van der Waals surface area contributed by atoms with Gasteiger partial charge in [-0.25, -0.2) is 4.79 Å². The maximum Gasteiger partial charge on any atom is 0.330 e. The molecule has 1 fully saturated rings. The minimum atomic E-state index is -1.16. The molecule has 2 N–H and O–H groups in total. The van der Waals surface area contributed by atoms with Gasteiger partial charge in [0.25, 0.3) is 5.91 Å². The highest BCUT2D eigenvalue weighted by atomic mass is 32.2. The van der Waals surface area contributed by atoms with Crippen molar-refractivity contribution >= 4 is 23.6 Å². The first-order valence-corrected chi connectivity index (χ1v) is 9.40. The van der Waals surface area contributed by atoms with Crippen molar-refractivity contribution < 1.29 is 14.7 Å². The Morgan fingerprint density at radius 1 is 1.24 bits per heavy atom. The fourth-order valence-corrected chi connectivity index (χ4v) is 4.67. The number of benzene rings is 1. The molecule has 1 atom stereocenters. The third-order valence-corrected chi connectivity index (χ3v) is 6.01. The van der Waals surface area contributed by atoms with Crippen LogP contribution < -0.4 is 5.32 Å². The highest BCUT2D eigenvalue weighted by Crippen LogP contribution is 2.29. The number of carbonyl (C=O) groups excluding carboxylic acids is 1. The Morgan fingerprint density at radius 3 is 2.56 bits per heavy atom. The van der Waals surface area contributed by atoms with Gasteiger partial charge in [0.05, 0.1) is 5.56 Å². The van der Waals surface area contributed by atoms with Gasteiger partial charge in [-0.05, 0) is 50.6 Å². The molecule has 25 heavy (non-hydrogen) atoms. The maximum atomic E-state index is 12.8. The largest absolute Gasteiger partial charge is 0.479 e. The second-order valence-corrected chi connectivity index (χ2v) is 7.66. The van der Waals surface area contributed by atoms with Crippen molar-refractivity contribution in [3.63, 3.8) is 0 Å². The molecule has 6 heteroatoms. The van der Waals surface area contributed by atoms with Crippen molar-refractivity contribution in [2.75, 3.05) is 11.5 Å². The summed E-state index contributed by atoms with van der Waals surface area (Å²) in [7, 11) is 0. The van der Waals surface area contributed by atoms with Gasteiger partial charge in [-0.3, -0.25) is 4.79 Å². The van der Waals surface area contributed by atoms with E-state index in [1.807, 2.05) is 55.7 Å². The summed E-state index contributed by atoms with van der Waals surface area (Å²) >= 11 is 1.56. The molecule has 2 heterocycles. The number of aromatic nitrogens is 1. The third-order valence-electron chi connectivity index (χ3n) is 4.82. The molecule has 5 nitrogen and oxygen atoms in total. The van der Waals surface area contributed by atoms with E-state index in [0.717, 1.165) is 28.4 Å². The molecular formula is C19H22N2O3S. The van der Waals surface area contributed by atoms with E-state index in [-0.39, 0.29) is 5.91 Å². The van der Waals surface area contributed by atoms with Crippen LogP contribution in [0.1, 0.15) is 33.7 Å². The Labute approximate surface area is 151 Å². The van der Waals surface area contributed by atoms with Gasteiger partial charge in [0, 0.05) is 22.8 Å². The summed E-state index contributed by atoms with van der Waals surface area (Å²) in [5.74, 6) is -0.129. The lowest BCUT2D eigenvalue weighted by Gasteiger charge is -2.24. The van der Waals surface area contributed by atoms with Gasteiger partial charge in [0.1, 0.15) is 5.54 Å².